The third kappa shape index (κ3) is 4.73. The predicted octanol–water partition coefficient (Wildman–Crippen LogP) is 5.90. The van der Waals surface area contributed by atoms with Crippen molar-refractivity contribution in [2.24, 2.45) is 0 Å². The average Bonchev–Trinajstić information content (AvgIpc) is 3.43. The Kier molecular flexibility index (Phi) is 6.64. The highest BCUT2D eigenvalue weighted by molar-refractivity contribution is 7.85. The number of halogens is 3. The molecule has 5 aromatic rings. The lowest BCUT2D eigenvalue weighted by molar-refractivity contribution is 0.103. The summed E-state index contributed by atoms with van der Waals surface area (Å²) in [5.74, 6) is -1.79. The van der Waals surface area contributed by atoms with Crippen LogP contribution in [0.25, 0.3) is 16.6 Å². The number of fused-ring (bicyclic) bond motifs is 1. The van der Waals surface area contributed by atoms with Crippen molar-refractivity contribution in [1.82, 2.24) is 14.8 Å². The Morgan fingerprint density at radius 2 is 1.92 bits per heavy atom. The minimum absolute atomic E-state index is 0.0224. The summed E-state index contributed by atoms with van der Waals surface area (Å²) in [6, 6.07) is 13.3. The van der Waals surface area contributed by atoms with E-state index in [0.29, 0.717) is 27.2 Å². The summed E-state index contributed by atoms with van der Waals surface area (Å²) in [6.07, 6.45) is 2.73. The molecule has 3 aromatic carbocycles. The van der Waals surface area contributed by atoms with Gasteiger partial charge in [-0.3, -0.25) is 4.79 Å². The van der Waals surface area contributed by atoms with Gasteiger partial charge in [-0.2, -0.15) is 5.10 Å². The highest BCUT2D eigenvalue weighted by Gasteiger charge is 2.23. The second kappa shape index (κ2) is 9.92. The van der Waals surface area contributed by atoms with Crippen LogP contribution in [0.2, 0.25) is 5.02 Å². The molecule has 12 heteroatoms. The zero-order valence-corrected chi connectivity index (χ0v) is 21.6. The standard InChI is InChI=1S/C26H20ClF2N5O3S/c1-13-7-15(37-23-6-4-3-5-18(23)28)10-19(29)24(13)34-26(30)16(12-31-34)25(35)22-9-14-8-21(33-38(2)36)17(27)11-20(14)32-22/h3-12,32-33H,30H2,1-2H3. The maximum atomic E-state index is 15.2. The number of nitrogens with zero attached hydrogens (tertiary/aromatic N) is 2. The fourth-order valence-corrected chi connectivity index (χ4v) is 4.80. The summed E-state index contributed by atoms with van der Waals surface area (Å²) in [4.78, 5) is 16.3. The van der Waals surface area contributed by atoms with Gasteiger partial charge in [0.25, 0.3) is 0 Å². The van der Waals surface area contributed by atoms with Crippen LogP contribution < -0.4 is 15.2 Å². The van der Waals surface area contributed by atoms with Crippen molar-refractivity contribution < 1.29 is 22.5 Å². The summed E-state index contributed by atoms with van der Waals surface area (Å²) >= 11 is 6.25. The number of anilines is 2. The van der Waals surface area contributed by atoms with Crippen LogP contribution >= 0.6 is 11.6 Å². The number of aromatic nitrogens is 3. The van der Waals surface area contributed by atoms with Crippen molar-refractivity contribution >= 4 is 50.8 Å². The zero-order chi connectivity index (χ0) is 27.1. The molecule has 0 fully saturated rings. The highest BCUT2D eigenvalue weighted by atomic mass is 35.5. The predicted molar refractivity (Wildman–Crippen MR) is 144 cm³/mol. The van der Waals surface area contributed by atoms with Crippen LogP contribution in [-0.4, -0.2) is 31.0 Å². The summed E-state index contributed by atoms with van der Waals surface area (Å²) in [5.41, 5.74) is 7.98. The van der Waals surface area contributed by atoms with Gasteiger partial charge in [-0.25, -0.2) is 17.7 Å². The number of carbonyl (C=O) groups is 1. The fourth-order valence-electron chi connectivity index (χ4n) is 4.05. The van der Waals surface area contributed by atoms with Gasteiger partial charge in [-0.15, -0.1) is 0 Å². The molecule has 0 radical (unpaired) electrons. The monoisotopic (exact) mass is 555 g/mol. The number of hydrogen-bond acceptors (Lipinski definition) is 5. The van der Waals surface area contributed by atoms with Gasteiger partial charge in [-0.05, 0) is 48.9 Å². The van der Waals surface area contributed by atoms with E-state index in [1.54, 1.807) is 31.2 Å². The van der Waals surface area contributed by atoms with E-state index in [-0.39, 0.29) is 34.3 Å². The molecule has 0 saturated carbocycles. The molecule has 38 heavy (non-hydrogen) atoms. The molecule has 2 heterocycles. The maximum Gasteiger partial charge on any atom is 0.214 e. The van der Waals surface area contributed by atoms with Crippen molar-refractivity contribution in [1.29, 1.82) is 0 Å². The van der Waals surface area contributed by atoms with Crippen LogP contribution in [0.5, 0.6) is 11.5 Å². The van der Waals surface area contributed by atoms with E-state index < -0.39 is 28.4 Å². The van der Waals surface area contributed by atoms with Crippen LogP contribution in [0.3, 0.4) is 0 Å². The SMILES string of the molecule is Cc1cc(Oc2ccccc2F)cc(F)c1-n1ncc(C(=O)c2cc3cc(NS(C)=O)c(Cl)cc3[nH]2)c1N. The molecular weight excluding hydrogens is 536 g/mol. The number of nitrogen functional groups attached to an aromatic ring is 1. The van der Waals surface area contributed by atoms with Crippen LogP contribution in [0.4, 0.5) is 20.3 Å². The molecule has 0 saturated heterocycles. The number of rotatable bonds is 7. The number of aromatic amines is 1. The molecule has 2 aromatic heterocycles. The molecule has 1 unspecified atom stereocenters. The quantitative estimate of drug-likeness (QED) is 0.216. The minimum Gasteiger partial charge on any atom is -0.454 e. The Bertz CT molecular complexity index is 1730. The van der Waals surface area contributed by atoms with Crippen LogP contribution in [0.15, 0.2) is 60.8 Å². The molecule has 0 bridgehead atoms. The number of ketones is 1. The first-order valence-corrected chi connectivity index (χ1v) is 13.1. The smallest absolute Gasteiger partial charge is 0.214 e. The van der Waals surface area contributed by atoms with Gasteiger partial charge in [0.15, 0.2) is 17.4 Å². The van der Waals surface area contributed by atoms with Crippen LogP contribution in [0, 0.1) is 18.6 Å². The number of aryl methyl sites for hydroxylation is 1. The van der Waals surface area contributed by atoms with E-state index >= 15 is 4.39 Å². The molecule has 0 amide bonds. The molecule has 5 rings (SSSR count). The lowest BCUT2D eigenvalue weighted by atomic mass is 10.1. The lowest BCUT2D eigenvalue weighted by Gasteiger charge is -2.13. The van der Waals surface area contributed by atoms with E-state index in [1.165, 1.54) is 36.7 Å². The second-order valence-corrected chi connectivity index (χ2v) is 9.97. The summed E-state index contributed by atoms with van der Waals surface area (Å²) in [5, 5.41) is 5.13. The summed E-state index contributed by atoms with van der Waals surface area (Å²) < 4.78 is 50.0. The number of para-hydroxylation sites is 1. The molecule has 194 valence electrons. The number of carbonyl (C=O) groups excluding carboxylic acids is 1. The first-order valence-electron chi connectivity index (χ1n) is 11.2. The van der Waals surface area contributed by atoms with Gasteiger partial charge in [0.2, 0.25) is 5.78 Å². The van der Waals surface area contributed by atoms with Gasteiger partial charge < -0.3 is 20.2 Å². The van der Waals surface area contributed by atoms with E-state index in [0.717, 1.165) is 10.7 Å². The first-order chi connectivity index (χ1) is 18.1. The molecular formula is C26H20ClF2N5O3S. The van der Waals surface area contributed by atoms with Crippen molar-refractivity contribution in [2.75, 3.05) is 16.7 Å². The van der Waals surface area contributed by atoms with Crippen molar-refractivity contribution in [3.63, 3.8) is 0 Å². The molecule has 1 atom stereocenters. The topological polar surface area (TPSA) is 115 Å². The highest BCUT2D eigenvalue weighted by Crippen LogP contribution is 2.32. The molecule has 0 aliphatic carbocycles. The van der Waals surface area contributed by atoms with Gasteiger partial charge in [0.1, 0.15) is 28.2 Å². The number of H-pyrrole nitrogens is 1. The fraction of sp³-hybridized carbons (Fsp3) is 0.0769. The third-order valence-corrected chi connectivity index (χ3v) is 6.58. The van der Waals surface area contributed by atoms with Gasteiger partial charge in [0, 0.05) is 23.2 Å². The van der Waals surface area contributed by atoms with E-state index in [1.807, 2.05) is 0 Å². The summed E-state index contributed by atoms with van der Waals surface area (Å²) in [6.45, 7) is 1.62. The van der Waals surface area contributed by atoms with Crippen molar-refractivity contribution in [3.8, 4) is 17.2 Å². The van der Waals surface area contributed by atoms with E-state index in [4.69, 9.17) is 22.1 Å². The van der Waals surface area contributed by atoms with E-state index in [2.05, 4.69) is 14.8 Å². The number of hydrogen-bond donors (Lipinski definition) is 3. The van der Waals surface area contributed by atoms with E-state index in [9.17, 15) is 13.4 Å². The molecule has 0 aliphatic rings. The molecule has 8 nitrogen and oxygen atoms in total. The first kappa shape index (κ1) is 25.4. The van der Waals surface area contributed by atoms with Gasteiger partial charge in [-0.1, -0.05) is 23.7 Å². The lowest BCUT2D eigenvalue weighted by Crippen LogP contribution is -2.10. The summed E-state index contributed by atoms with van der Waals surface area (Å²) in [7, 11) is -1.33. The molecule has 0 aliphatic heterocycles. The second-order valence-electron chi connectivity index (χ2n) is 8.45. The largest absolute Gasteiger partial charge is 0.454 e. The third-order valence-electron chi connectivity index (χ3n) is 5.76. The van der Waals surface area contributed by atoms with Gasteiger partial charge in [0.05, 0.1) is 28.2 Å². The Morgan fingerprint density at radius 3 is 2.63 bits per heavy atom. The number of nitrogens with one attached hydrogen (secondary N) is 2. The van der Waals surface area contributed by atoms with Crippen molar-refractivity contribution in [2.45, 2.75) is 6.92 Å². The van der Waals surface area contributed by atoms with Crippen molar-refractivity contribution in [3.05, 3.63) is 94.3 Å². The number of ether oxygens (including phenoxy) is 1. The maximum absolute atomic E-state index is 15.2. The number of benzene rings is 3. The Hall–Kier alpha value is -4.22. The normalized spacial score (nSPS) is 12.0. The van der Waals surface area contributed by atoms with Crippen LogP contribution in [0.1, 0.15) is 21.6 Å². The average molecular weight is 556 g/mol. The Balaban J connectivity index is 1.46. The van der Waals surface area contributed by atoms with Gasteiger partial charge >= 0.3 is 0 Å². The Morgan fingerprint density at radius 1 is 1.16 bits per heavy atom. The zero-order valence-electron chi connectivity index (χ0n) is 20.0. The minimum atomic E-state index is -1.33. The molecule has 0 spiro atoms. The molecule has 4 N–H and O–H groups in total. The van der Waals surface area contributed by atoms with Crippen LogP contribution in [-0.2, 0) is 11.0 Å². The Labute approximate surface area is 223 Å². The number of nitrogens with two attached hydrogens (primary N) is 1.